The molecule has 0 N–H and O–H groups in total. The van der Waals surface area contributed by atoms with Crippen LogP contribution in [-0.4, -0.2) is 11.2 Å². The minimum Gasteiger partial charge on any atom is -0.232 e. The van der Waals surface area contributed by atoms with Crippen molar-refractivity contribution < 1.29 is 4.57 Å². The van der Waals surface area contributed by atoms with Gasteiger partial charge in [-0.15, -0.1) is 0 Å². The van der Waals surface area contributed by atoms with E-state index in [4.69, 9.17) is 0 Å². The molecule has 1 saturated carbocycles. The molecule has 3 rings (SSSR count). The number of hydrogen-bond donors (Lipinski definition) is 0. The van der Waals surface area contributed by atoms with Crippen molar-refractivity contribution >= 4 is 12.0 Å². The van der Waals surface area contributed by atoms with E-state index in [-0.39, 0.29) is 0 Å². The van der Waals surface area contributed by atoms with Crippen LogP contribution in [0.3, 0.4) is 0 Å². The Morgan fingerprint density at radius 3 is 2.76 bits per heavy atom. The highest BCUT2D eigenvalue weighted by atomic mass is 15.0. The summed E-state index contributed by atoms with van der Waals surface area (Å²) in [5, 5.41) is 0. The molecule has 0 saturated heterocycles. The fourth-order valence-corrected chi connectivity index (χ4v) is 2.96. The van der Waals surface area contributed by atoms with Gasteiger partial charge >= 0.3 is 0 Å². The minimum atomic E-state index is 0.641. The Bertz CT molecular complexity index is 655. The number of hydrogen-bond acceptors (Lipinski definition) is 2. The van der Waals surface area contributed by atoms with E-state index in [1.54, 1.807) is 0 Å². The van der Waals surface area contributed by atoms with E-state index in [1.807, 2.05) is 13.4 Å². The van der Waals surface area contributed by atoms with E-state index in [1.165, 1.54) is 36.8 Å². The molecule has 3 heteroatoms. The van der Waals surface area contributed by atoms with Crippen LogP contribution in [0, 0.1) is 12.8 Å². The summed E-state index contributed by atoms with van der Waals surface area (Å²) in [6.07, 6.45) is 9.16. The molecule has 1 aliphatic rings. The van der Waals surface area contributed by atoms with Crippen molar-refractivity contribution in [3.8, 4) is 11.3 Å². The maximum absolute atomic E-state index is 4.60. The zero-order chi connectivity index (χ0) is 14.7. The maximum Gasteiger partial charge on any atom is 0.289 e. The Morgan fingerprint density at radius 1 is 1.24 bits per heavy atom. The number of aliphatic imine (C=N–C) groups is 1. The van der Waals surface area contributed by atoms with Crippen molar-refractivity contribution in [2.45, 2.75) is 32.6 Å². The lowest BCUT2D eigenvalue weighted by atomic mass is 10.1. The minimum absolute atomic E-state index is 0.641. The number of rotatable bonds is 3. The Hall–Kier alpha value is -2.03. The molecule has 1 aromatic heterocycles. The van der Waals surface area contributed by atoms with Crippen LogP contribution in [-0.2, 0) is 7.05 Å². The van der Waals surface area contributed by atoms with E-state index in [0.29, 0.717) is 5.92 Å². The molecule has 0 bridgehead atoms. The second kappa shape index (κ2) is 6.17. The van der Waals surface area contributed by atoms with Crippen LogP contribution >= 0.6 is 0 Å². The first-order valence-corrected chi connectivity index (χ1v) is 7.70. The number of aromatic nitrogens is 2. The first-order chi connectivity index (χ1) is 10.2. The SMILES string of the molecule is Cc1ccccc1-c1cc(N=CC2CCCC2)nc[n+]1C. The summed E-state index contributed by atoms with van der Waals surface area (Å²) in [5.41, 5.74) is 3.66. The Morgan fingerprint density at radius 2 is 2.00 bits per heavy atom. The molecule has 0 atom stereocenters. The van der Waals surface area contributed by atoms with Crippen LogP contribution in [0.25, 0.3) is 11.3 Å². The fraction of sp³-hybridized carbons (Fsp3) is 0.389. The molecule has 0 amide bonds. The lowest BCUT2D eigenvalue weighted by Gasteiger charge is -2.05. The Balaban J connectivity index is 1.91. The molecule has 2 aromatic rings. The highest BCUT2D eigenvalue weighted by molar-refractivity contribution is 5.67. The molecular weight excluding hydrogens is 258 g/mol. The van der Waals surface area contributed by atoms with Gasteiger partial charge in [0.15, 0.2) is 0 Å². The van der Waals surface area contributed by atoms with E-state index >= 15 is 0 Å². The van der Waals surface area contributed by atoms with Crippen LogP contribution in [0.1, 0.15) is 31.2 Å². The van der Waals surface area contributed by atoms with Gasteiger partial charge in [-0.1, -0.05) is 37.1 Å². The van der Waals surface area contributed by atoms with Crippen molar-refractivity contribution in [1.29, 1.82) is 0 Å². The van der Waals surface area contributed by atoms with Crippen molar-refractivity contribution in [2.24, 2.45) is 18.0 Å². The molecule has 3 nitrogen and oxygen atoms in total. The standard InChI is InChI=1S/C18H22N3/c1-14-7-3-6-10-16(14)17-11-18(20-13-21(17)2)19-12-15-8-4-5-9-15/h3,6-7,10-13,15H,4-5,8-9H2,1-2H3/q+1. The first-order valence-electron chi connectivity index (χ1n) is 7.70. The van der Waals surface area contributed by atoms with Crippen molar-refractivity contribution in [3.63, 3.8) is 0 Å². The van der Waals surface area contributed by atoms with Gasteiger partial charge in [-0.25, -0.2) is 9.56 Å². The number of aryl methyl sites for hydroxylation is 2. The maximum atomic E-state index is 4.60. The summed E-state index contributed by atoms with van der Waals surface area (Å²) in [7, 11) is 2.03. The lowest BCUT2D eigenvalue weighted by Crippen LogP contribution is -2.31. The third-order valence-corrected chi connectivity index (χ3v) is 4.25. The molecule has 1 aliphatic carbocycles. The van der Waals surface area contributed by atoms with Crippen LogP contribution in [0.15, 0.2) is 41.7 Å². The second-order valence-electron chi connectivity index (χ2n) is 5.88. The molecule has 1 fully saturated rings. The summed E-state index contributed by atoms with van der Waals surface area (Å²) in [5.74, 6) is 1.45. The lowest BCUT2D eigenvalue weighted by molar-refractivity contribution is -0.663. The van der Waals surface area contributed by atoms with Gasteiger partial charge in [-0.3, -0.25) is 0 Å². The third kappa shape index (κ3) is 3.18. The number of nitrogens with zero attached hydrogens (tertiary/aromatic N) is 3. The largest absolute Gasteiger partial charge is 0.289 e. The van der Waals surface area contributed by atoms with Crippen molar-refractivity contribution in [1.82, 2.24) is 4.98 Å². The fourth-order valence-electron chi connectivity index (χ4n) is 2.96. The molecule has 0 unspecified atom stereocenters. The van der Waals surface area contributed by atoms with Gasteiger partial charge in [-0.2, -0.15) is 0 Å². The Labute approximate surface area is 126 Å². The summed E-state index contributed by atoms with van der Waals surface area (Å²) in [6.45, 7) is 2.14. The zero-order valence-electron chi connectivity index (χ0n) is 12.8. The normalized spacial score (nSPS) is 15.9. The smallest absolute Gasteiger partial charge is 0.232 e. The van der Waals surface area contributed by atoms with Crippen molar-refractivity contribution in [2.75, 3.05) is 0 Å². The molecule has 0 spiro atoms. The number of benzene rings is 1. The second-order valence-corrected chi connectivity index (χ2v) is 5.88. The van der Waals surface area contributed by atoms with Gasteiger partial charge in [-0.05, 0) is 36.2 Å². The highest BCUT2D eigenvalue weighted by Crippen LogP contribution is 2.25. The zero-order valence-corrected chi connectivity index (χ0v) is 12.8. The van der Waals surface area contributed by atoms with E-state index in [9.17, 15) is 0 Å². The molecule has 21 heavy (non-hydrogen) atoms. The summed E-state index contributed by atoms with van der Waals surface area (Å²) in [4.78, 5) is 9.02. The van der Waals surface area contributed by atoms with Gasteiger partial charge in [0.05, 0.1) is 13.1 Å². The summed E-state index contributed by atoms with van der Waals surface area (Å²) in [6, 6.07) is 10.5. The molecular formula is C18H22N3+. The quantitative estimate of drug-likeness (QED) is 0.621. The van der Waals surface area contributed by atoms with Gasteiger partial charge < -0.3 is 0 Å². The average Bonchev–Trinajstić information content (AvgIpc) is 3.01. The topological polar surface area (TPSA) is 29.1 Å². The van der Waals surface area contributed by atoms with Gasteiger partial charge in [0.25, 0.3) is 12.1 Å². The van der Waals surface area contributed by atoms with E-state index in [2.05, 4.69) is 58.0 Å². The third-order valence-electron chi connectivity index (χ3n) is 4.25. The molecule has 0 aliphatic heterocycles. The molecule has 1 heterocycles. The van der Waals surface area contributed by atoms with Gasteiger partial charge in [0.1, 0.15) is 5.69 Å². The molecule has 0 radical (unpaired) electrons. The van der Waals surface area contributed by atoms with Gasteiger partial charge in [0.2, 0.25) is 0 Å². The predicted octanol–water partition coefficient (Wildman–Crippen LogP) is 3.77. The first kappa shape index (κ1) is 13.9. The summed E-state index contributed by atoms with van der Waals surface area (Å²) >= 11 is 0. The van der Waals surface area contributed by atoms with Crippen LogP contribution in [0.2, 0.25) is 0 Å². The van der Waals surface area contributed by atoms with E-state index < -0.39 is 0 Å². The van der Waals surface area contributed by atoms with Gasteiger partial charge in [0, 0.05) is 11.8 Å². The monoisotopic (exact) mass is 280 g/mol. The Kier molecular flexibility index (Phi) is 4.09. The van der Waals surface area contributed by atoms with Crippen LogP contribution in [0.4, 0.5) is 5.82 Å². The average molecular weight is 280 g/mol. The molecule has 1 aromatic carbocycles. The van der Waals surface area contributed by atoms with E-state index in [0.717, 1.165) is 11.5 Å². The summed E-state index contributed by atoms with van der Waals surface area (Å²) < 4.78 is 2.05. The van der Waals surface area contributed by atoms with Crippen molar-refractivity contribution in [3.05, 3.63) is 42.2 Å². The van der Waals surface area contributed by atoms with Crippen LogP contribution < -0.4 is 4.57 Å². The predicted molar refractivity (Wildman–Crippen MR) is 85.7 cm³/mol. The van der Waals surface area contributed by atoms with Crippen LogP contribution in [0.5, 0.6) is 0 Å². The molecule has 108 valence electrons. The highest BCUT2D eigenvalue weighted by Gasteiger charge is 2.15.